The van der Waals surface area contributed by atoms with Gasteiger partial charge >= 0.3 is 0 Å². The Morgan fingerprint density at radius 2 is 1.85 bits per heavy atom. The number of hydrogen-bond donors (Lipinski definition) is 2. The monoisotopic (exact) mass is 451 g/mol. The molecule has 0 aliphatic carbocycles. The average molecular weight is 452 g/mol. The SMILES string of the molecule is COc1c(C(=O)NCC(=O)N2CCN(C)CC2)ccc2[nH]nc(/C=C/c3ccc(F)cc3)c12. The Labute approximate surface area is 191 Å². The fourth-order valence-corrected chi connectivity index (χ4v) is 3.79. The molecule has 2 heterocycles. The summed E-state index contributed by atoms with van der Waals surface area (Å²) in [6.07, 6.45) is 3.57. The predicted molar refractivity (Wildman–Crippen MR) is 124 cm³/mol. The number of halogens is 1. The van der Waals surface area contributed by atoms with Crippen molar-refractivity contribution in [3.8, 4) is 5.75 Å². The van der Waals surface area contributed by atoms with Crippen molar-refractivity contribution < 1.29 is 18.7 Å². The third-order valence-corrected chi connectivity index (χ3v) is 5.72. The highest BCUT2D eigenvalue weighted by molar-refractivity contribution is 6.06. The molecule has 2 N–H and O–H groups in total. The molecule has 33 heavy (non-hydrogen) atoms. The van der Waals surface area contributed by atoms with Crippen molar-refractivity contribution >= 4 is 34.9 Å². The Kier molecular flexibility index (Phi) is 6.69. The minimum atomic E-state index is -0.397. The van der Waals surface area contributed by atoms with Gasteiger partial charge in [-0.1, -0.05) is 18.2 Å². The smallest absolute Gasteiger partial charge is 0.255 e. The highest BCUT2D eigenvalue weighted by atomic mass is 19.1. The van der Waals surface area contributed by atoms with Gasteiger partial charge in [0.15, 0.2) is 0 Å². The third-order valence-electron chi connectivity index (χ3n) is 5.72. The molecule has 0 saturated carbocycles. The van der Waals surface area contributed by atoms with E-state index in [0.29, 0.717) is 41.0 Å². The largest absolute Gasteiger partial charge is 0.495 e. The normalized spacial score (nSPS) is 14.7. The molecule has 2 aromatic carbocycles. The summed E-state index contributed by atoms with van der Waals surface area (Å²) in [6, 6.07) is 9.48. The molecule has 1 aromatic heterocycles. The van der Waals surface area contributed by atoms with Crippen LogP contribution in [-0.2, 0) is 4.79 Å². The zero-order chi connectivity index (χ0) is 23.4. The number of ether oxygens (including phenoxy) is 1. The number of rotatable bonds is 6. The summed E-state index contributed by atoms with van der Waals surface area (Å²) in [4.78, 5) is 29.3. The van der Waals surface area contributed by atoms with E-state index in [0.717, 1.165) is 18.7 Å². The molecule has 0 radical (unpaired) electrons. The van der Waals surface area contributed by atoms with Crippen LogP contribution >= 0.6 is 0 Å². The van der Waals surface area contributed by atoms with Crippen molar-refractivity contribution in [3.05, 3.63) is 59.0 Å². The second kappa shape index (κ2) is 9.83. The number of nitrogens with zero attached hydrogens (tertiary/aromatic N) is 3. The Hall–Kier alpha value is -3.72. The van der Waals surface area contributed by atoms with Gasteiger partial charge < -0.3 is 19.9 Å². The van der Waals surface area contributed by atoms with Crippen LogP contribution in [0.3, 0.4) is 0 Å². The molecule has 0 atom stereocenters. The van der Waals surface area contributed by atoms with Gasteiger partial charge in [0.25, 0.3) is 5.91 Å². The first-order chi connectivity index (χ1) is 16.0. The zero-order valence-corrected chi connectivity index (χ0v) is 18.6. The second-order valence-corrected chi connectivity index (χ2v) is 7.93. The van der Waals surface area contributed by atoms with Gasteiger partial charge in [0.1, 0.15) is 11.6 Å². The molecular formula is C24H26FN5O3. The number of benzene rings is 2. The van der Waals surface area contributed by atoms with E-state index in [9.17, 15) is 14.0 Å². The highest BCUT2D eigenvalue weighted by Gasteiger charge is 2.22. The van der Waals surface area contributed by atoms with Crippen LogP contribution in [0.25, 0.3) is 23.1 Å². The molecule has 0 unspecified atom stereocenters. The first kappa shape index (κ1) is 22.5. The average Bonchev–Trinajstić information content (AvgIpc) is 3.25. The molecule has 1 fully saturated rings. The Bertz CT molecular complexity index is 1180. The van der Waals surface area contributed by atoms with Crippen LogP contribution < -0.4 is 10.1 Å². The molecule has 0 bridgehead atoms. The van der Waals surface area contributed by atoms with E-state index in [1.54, 1.807) is 41.3 Å². The molecule has 1 aliphatic heterocycles. The number of piperazine rings is 1. The maximum atomic E-state index is 13.1. The fraction of sp³-hybridized carbons (Fsp3) is 0.292. The minimum absolute atomic E-state index is 0.0769. The summed E-state index contributed by atoms with van der Waals surface area (Å²) in [7, 11) is 3.51. The summed E-state index contributed by atoms with van der Waals surface area (Å²) < 4.78 is 18.7. The molecular weight excluding hydrogens is 425 g/mol. The van der Waals surface area contributed by atoms with Crippen LogP contribution in [0, 0.1) is 5.82 Å². The van der Waals surface area contributed by atoms with Gasteiger partial charge in [-0.05, 0) is 43.0 Å². The number of nitrogens with one attached hydrogen (secondary N) is 2. The van der Waals surface area contributed by atoms with Crippen molar-refractivity contribution in [2.24, 2.45) is 0 Å². The van der Waals surface area contributed by atoms with Gasteiger partial charge in [0.05, 0.1) is 35.8 Å². The molecule has 1 aliphatic rings. The summed E-state index contributed by atoms with van der Waals surface area (Å²) in [6.45, 7) is 2.86. The van der Waals surface area contributed by atoms with Gasteiger partial charge in [0.2, 0.25) is 5.91 Å². The third kappa shape index (κ3) is 5.04. The van der Waals surface area contributed by atoms with Gasteiger partial charge in [-0.15, -0.1) is 0 Å². The standard InChI is InChI=1S/C24H26FN5O3/c1-29-11-13-30(14-12-29)21(31)15-26-24(32)18-8-10-20-22(23(18)33-2)19(27-28-20)9-5-16-3-6-17(25)7-4-16/h3-10H,11-15H2,1-2H3,(H,26,32)(H,27,28)/b9-5+. The van der Waals surface area contributed by atoms with Crippen molar-refractivity contribution in [1.29, 1.82) is 0 Å². The number of hydrogen-bond acceptors (Lipinski definition) is 5. The van der Waals surface area contributed by atoms with Crippen LogP contribution in [0.15, 0.2) is 36.4 Å². The molecule has 4 rings (SSSR count). The number of aromatic amines is 1. The highest BCUT2D eigenvalue weighted by Crippen LogP contribution is 2.32. The van der Waals surface area contributed by atoms with E-state index < -0.39 is 5.91 Å². The topological polar surface area (TPSA) is 90.6 Å². The Balaban J connectivity index is 1.52. The van der Waals surface area contributed by atoms with E-state index in [-0.39, 0.29) is 18.3 Å². The van der Waals surface area contributed by atoms with Gasteiger partial charge in [-0.3, -0.25) is 14.7 Å². The lowest BCUT2D eigenvalue weighted by atomic mass is 10.1. The van der Waals surface area contributed by atoms with E-state index >= 15 is 0 Å². The van der Waals surface area contributed by atoms with Crippen molar-refractivity contribution in [1.82, 2.24) is 25.3 Å². The lowest BCUT2D eigenvalue weighted by Gasteiger charge is -2.32. The molecule has 2 amide bonds. The van der Waals surface area contributed by atoms with Gasteiger partial charge in [-0.25, -0.2) is 4.39 Å². The summed E-state index contributed by atoms with van der Waals surface area (Å²) >= 11 is 0. The van der Waals surface area contributed by atoms with Gasteiger partial charge in [-0.2, -0.15) is 5.10 Å². The van der Waals surface area contributed by atoms with E-state index in [4.69, 9.17) is 4.74 Å². The Morgan fingerprint density at radius 3 is 2.55 bits per heavy atom. The molecule has 1 saturated heterocycles. The summed E-state index contributed by atoms with van der Waals surface area (Å²) in [5.74, 6) is -0.445. The summed E-state index contributed by atoms with van der Waals surface area (Å²) in [5.41, 5.74) is 2.40. The summed E-state index contributed by atoms with van der Waals surface area (Å²) in [5, 5.41) is 10.6. The van der Waals surface area contributed by atoms with Crippen molar-refractivity contribution in [2.45, 2.75) is 0 Å². The quantitative estimate of drug-likeness (QED) is 0.601. The van der Waals surface area contributed by atoms with Crippen LogP contribution in [0.2, 0.25) is 0 Å². The molecule has 3 aromatic rings. The number of amides is 2. The minimum Gasteiger partial charge on any atom is -0.495 e. The molecule has 8 nitrogen and oxygen atoms in total. The number of carbonyl (C=O) groups excluding carboxylic acids is 2. The lowest BCUT2D eigenvalue weighted by Crippen LogP contribution is -2.50. The number of carbonyl (C=O) groups is 2. The number of likely N-dealkylation sites (N-methyl/N-ethyl adjacent to an activating group) is 1. The van der Waals surface area contributed by atoms with Crippen molar-refractivity contribution in [3.63, 3.8) is 0 Å². The number of aromatic nitrogens is 2. The maximum absolute atomic E-state index is 13.1. The second-order valence-electron chi connectivity index (χ2n) is 7.93. The number of methoxy groups -OCH3 is 1. The number of fused-ring (bicyclic) bond motifs is 1. The fourth-order valence-electron chi connectivity index (χ4n) is 3.79. The number of H-pyrrole nitrogens is 1. The van der Waals surface area contributed by atoms with E-state index in [1.165, 1.54) is 19.2 Å². The molecule has 9 heteroatoms. The van der Waals surface area contributed by atoms with E-state index in [1.807, 2.05) is 7.05 Å². The maximum Gasteiger partial charge on any atom is 0.255 e. The molecule has 172 valence electrons. The first-order valence-corrected chi connectivity index (χ1v) is 10.7. The van der Waals surface area contributed by atoms with Crippen molar-refractivity contribution in [2.75, 3.05) is 46.9 Å². The van der Waals surface area contributed by atoms with Gasteiger partial charge in [0, 0.05) is 26.2 Å². The molecule has 0 spiro atoms. The van der Waals surface area contributed by atoms with Crippen LogP contribution in [0.4, 0.5) is 4.39 Å². The predicted octanol–water partition coefficient (Wildman–Crippen LogP) is 2.38. The zero-order valence-electron chi connectivity index (χ0n) is 18.6. The first-order valence-electron chi connectivity index (χ1n) is 10.7. The van der Waals surface area contributed by atoms with Crippen LogP contribution in [0.5, 0.6) is 5.75 Å². The van der Waals surface area contributed by atoms with E-state index in [2.05, 4.69) is 20.4 Å². The van der Waals surface area contributed by atoms with Crippen LogP contribution in [-0.4, -0.2) is 78.7 Å². The van der Waals surface area contributed by atoms with Crippen LogP contribution in [0.1, 0.15) is 21.6 Å². The lowest BCUT2D eigenvalue weighted by molar-refractivity contribution is -0.131. The Morgan fingerprint density at radius 1 is 1.12 bits per heavy atom.